The van der Waals surface area contributed by atoms with E-state index in [9.17, 15) is 0 Å². The van der Waals surface area contributed by atoms with Gasteiger partial charge in [-0.3, -0.25) is 4.99 Å². The summed E-state index contributed by atoms with van der Waals surface area (Å²) in [4.78, 5) is 7.05. The smallest absolute Gasteiger partial charge is 0.104 e. The van der Waals surface area contributed by atoms with Crippen molar-refractivity contribution in [1.82, 2.24) is 4.90 Å². The molecule has 3 rings (SSSR count). The third-order valence-electron chi connectivity index (χ3n) is 3.61. The molecule has 2 aromatic rings. The van der Waals surface area contributed by atoms with Crippen LogP contribution < -0.4 is 0 Å². The van der Waals surface area contributed by atoms with E-state index in [1.54, 1.807) is 0 Å². The number of hydrogen-bond donors (Lipinski definition) is 0. The van der Waals surface area contributed by atoms with Crippen LogP contribution in [0.5, 0.6) is 0 Å². The maximum Gasteiger partial charge on any atom is 0.104 e. The zero-order valence-corrected chi connectivity index (χ0v) is 13.1. The summed E-state index contributed by atoms with van der Waals surface area (Å²) in [6.45, 7) is 0. The topological polar surface area (TPSA) is 47.1 Å². The van der Waals surface area contributed by atoms with Crippen LogP contribution in [0.3, 0.4) is 0 Å². The molecule has 3 nitrogen and oxygen atoms in total. The zero-order valence-electron chi connectivity index (χ0n) is 12.3. The van der Waals surface area contributed by atoms with Crippen LogP contribution in [0.1, 0.15) is 22.7 Å². The third kappa shape index (κ3) is 3.43. The van der Waals surface area contributed by atoms with Gasteiger partial charge in [0.1, 0.15) is 11.9 Å². The molecule has 4 heteroatoms. The van der Waals surface area contributed by atoms with Gasteiger partial charge in [-0.25, -0.2) is 0 Å². The van der Waals surface area contributed by atoms with Crippen LogP contribution in [0.25, 0.3) is 0 Å². The van der Waals surface area contributed by atoms with Crippen molar-refractivity contribution in [3.63, 3.8) is 0 Å². The number of aliphatic imine (C=N–C) groups is 1. The van der Waals surface area contributed by atoms with Crippen molar-refractivity contribution in [1.29, 1.82) is 0 Å². The van der Waals surface area contributed by atoms with Crippen molar-refractivity contribution in [2.24, 2.45) is 4.99 Å². The van der Waals surface area contributed by atoms with Gasteiger partial charge in [0.25, 0.3) is 0 Å². The van der Waals surface area contributed by atoms with E-state index in [1.165, 1.54) is 16.7 Å². The van der Waals surface area contributed by atoms with E-state index in [0.29, 0.717) is 0 Å². The molecule has 2 aromatic carbocycles. The maximum absolute atomic E-state index is 4.94. The number of fused-ring (bicyclic) bond motifs is 1. The minimum absolute atomic E-state index is 0. The van der Waals surface area contributed by atoms with Gasteiger partial charge in [-0.2, -0.15) is 0 Å². The second kappa shape index (κ2) is 7.25. The second-order valence-electron chi connectivity index (χ2n) is 5.13. The number of hydrogen-bond acceptors (Lipinski definition) is 2. The van der Waals surface area contributed by atoms with Crippen LogP contribution in [-0.2, 0) is 6.42 Å². The van der Waals surface area contributed by atoms with Gasteiger partial charge >= 0.3 is 0 Å². The number of halogens is 1. The number of nitrogens with zero attached hydrogens (tertiary/aromatic N) is 2. The van der Waals surface area contributed by atoms with E-state index in [4.69, 9.17) is 4.99 Å². The zero-order chi connectivity index (χ0) is 13.2. The van der Waals surface area contributed by atoms with Gasteiger partial charge in [0.2, 0.25) is 0 Å². The van der Waals surface area contributed by atoms with Crippen molar-refractivity contribution in [3.8, 4) is 0 Å². The summed E-state index contributed by atoms with van der Waals surface area (Å²) >= 11 is 0. The molecule has 0 aromatic heterocycles. The molecular formula is C17H21ClN2O. The Morgan fingerprint density at radius 3 is 2.24 bits per heavy atom. The Bertz CT molecular complexity index is 611. The molecule has 0 radical (unpaired) electrons. The fraction of sp³-hybridized carbons (Fsp3) is 0.235. The Balaban J connectivity index is 0.00000110. The number of amidine groups is 1. The summed E-state index contributed by atoms with van der Waals surface area (Å²) in [6.07, 6.45) is 0.923. The minimum Gasteiger partial charge on any atom is -0.412 e. The van der Waals surface area contributed by atoms with Crippen LogP contribution in [0.4, 0.5) is 0 Å². The molecule has 2 N–H and O–H groups in total. The summed E-state index contributed by atoms with van der Waals surface area (Å²) in [5, 5.41) is 0. The highest BCUT2D eigenvalue weighted by Gasteiger charge is 2.23. The van der Waals surface area contributed by atoms with Gasteiger partial charge in [-0.05, 0) is 16.7 Å². The Morgan fingerprint density at radius 1 is 0.952 bits per heavy atom. The first kappa shape index (κ1) is 17.2. The lowest BCUT2D eigenvalue weighted by Gasteiger charge is -2.27. The predicted molar refractivity (Wildman–Crippen MR) is 90.4 cm³/mol. The van der Waals surface area contributed by atoms with Crippen LogP contribution >= 0.6 is 12.4 Å². The Hall–Kier alpha value is -1.84. The van der Waals surface area contributed by atoms with Gasteiger partial charge in [-0.1, -0.05) is 54.6 Å². The first-order valence-corrected chi connectivity index (χ1v) is 6.62. The fourth-order valence-corrected chi connectivity index (χ4v) is 2.56. The van der Waals surface area contributed by atoms with Crippen molar-refractivity contribution in [3.05, 3.63) is 71.3 Å². The molecule has 112 valence electrons. The molecule has 0 spiro atoms. The molecule has 0 bridgehead atoms. The maximum atomic E-state index is 4.94. The summed E-state index contributed by atoms with van der Waals surface area (Å²) in [5.41, 5.74) is 3.98. The number of rotatable bonds is 1. The van der Waals surface area contributed by atoms with Crippen molar-refractivity contribution in [2.45, 2.75) is 12.5 Å². The normalized spacial score (nSPS) is 15.9. The molecule has 0 amide bonds. The van der Waals surface area contributed by atoms with Gasteiger partial charge in [0.05, 0.1) is 0 Å². The molecule has 1 unspecified atom stereocenters. The highest BCUT2D eigenvalue weighted by Crippen LogP contribution is 2.32. The first-order valence-electron chi connectivity index (χ1n) is 6.62. The lowest BCUT2D eigenvalue weighted by molar-refractivity contribution is 0.592. The van der Waals surface area contributed by atoms with Crippen molar-refractivity contribution >= 4 is 18.2 Å². The van der Waals surface area contributed by atoms with E-state index in [1.807, 2.05) is 0 Å². The quantitative estimate of drug-likeness (QED) is 0.799. The Kier molecular flexibility index (Phi) is 5.94. The average molecular weight is 305 g/mol. The lowest BCUT2D eigenvalue weighted by Crippen LogP contribution is -2.28. The highest BCUT2D eigenvalue weighted by atomic mass is 35.5. The van der Waals surface area contributed by atoms with E-state index < -0.39 is 0 Å². The molecule has 0 saturated carbocycles. The fourth-order valence-electron chi connectivity index (χ4n) is 2.56. The second-order valence-corrected chi connectivity index (χ2v) is 5.13. The van der Waals surface area contributed by atoms with Gasteiger partial charge in [0.15, 0.2) is 0 Å². The molecule has 1 heterocycles. The average Bonchev–Trinajstić information content (AvgIpc) is 2.47. The molecule has 21 heavy (non-hydrogen) atoms. The molecular weight excluding hydrogens is 284 g/mol. The summed E-state index contributed by atoms with van der Waals surface area (Å²) in [5.74, 6) is 1.15. The van der Waals surface area contributed by atoms with E-state index in [2.05, 4.69) is 73.6 Å². The summed E-state index contributed by atoms with van der Waals surface area (Å²) < 4.78 is 0. The molecule has 1 aliphatic rings. The monoisotopic (exact) mass is 304 g/mol. The van der Waals surface area contributed by atoms with E-state index >= 15 is 0 Å². The van der Waals surface area contributed by atoms with E-state index in [-0.39, 0.29) is 23.9 Å². The minimum atomic E-state index is 0. The van der Waals surface area contributed by atoms with Gasteiger partial charge < -0.3 is 10.4 Å². The summed E-state index contributed by atoms with van der Waals surface area (Å²) in [6, 6.07) is 19.3. The number of benzene rings is 2. The molecule has 0 fully saturated rings. The van der Waals surface area contributed by atoms with Gasteiger partial charge in [0, 0.05) is 20.5 Å². The Labute approximate surface area is 132 Å². The highest BCUT2D eigenvalue weighted by molar-refractivity contribution is 5.86. The predicted octanol–water partition coefficient (Wildman–Crippen LogP) is 2.89. The molecule has 1 atom stereocenters. The standard InChI is InChI=1S/C17H18N2.ClH.H2O/c1-19(2)16-12-14-10-6-7-11-15(14)17(18-16)13-8-4-3-5-9-13;;/h3-11,17H,12H2,1-2H3;1H;1H2. The van der Waals surface area contributed by atoms with Crippen molar-refractivity contribution < 1.29 is 5.48 Å². The van der Waals surface area contributed by atoms with Crippen LogP contribution in [0.2, 0.25) is 0 Å². The lowest BCUT2D eigenvalue weighted by atomic mass is 9.90. The van der Waals surface area contributed by atoms with Crippen molar-refractivity contribution in [2.75, 3.05) is 14.1 Å². The third-order valence-corrected chi connectivity index (χ3v) is 3.61. The number of likely N-dealkylation sites (N-methyl/N-ethyl adjacent to an activating group) is 1. The SMILES string of the molecule is CN(C)C1=NC(c2ccccc2)c2ccccc2C1.Cl.O. The van der Waals surface area contributed by atoms with Crippen LogP contribution in [0, 0.1) is 0 Å². The molecule has 0 aliphatic carbocycles. The largest absolute Gasteiger partial charge is 0.412 e. The summed E-state index contributed by atoms with van der Waals surface area (Å²) in [7, 11) is 4.13. The van der Waals surface area contributed by atoms with Crippen LogP contribution in [-0.4, -0.2) is 30.3 Å². The molecule has 1 aliphatic heterocycles. The van der Waals surface area contributed by atoms with Gasteiger partial charge in [-0.15, -0.1) is 12.4 Å². The molecule has 0 saturated heterocycles. The first-order chi connectivity index (χ1) is 9.25. The Morgan fingerprint density at radius 2 is 1.57 bits per heavy atom. The van der Waals surface area contributed by atoms with Crippen LogP contribution in [0.15, 0.2) is 59.6 Å². The van der Waals surface area contributed by atoms with E-state index in [0.717, 1.165) is 12.3 Å².